The number of nitrogens with two attached hydrogens (primary N) is 1. The Hall–Kier alpha value is -1.88. The van der Waals surface area contributed by atoms with Gasteiger partial charge in [-0.25, -0.2) is 0 Å². The molecule has 23 heavy (non-hydrogen) atoms. The summed E-state index contributed by atoms with van der Waals surface area (Å²) in [5, 5.41) is 2.87. The minimum Gasteiger partial charge on any atom is -0.343 e. The highest BCUT2D eigenvalue weighted by Crippen LogP contribution is 2.12. The van der Waals surface area contributed by atoms with Crippen LogP contribution >= 0.6 is 0 Å². The van der Waals surface area contributed by atoms with Crippen molar-refractivity contribution in [2.45, 2.75) is 51.1 Å². The summed E-state index contributed by atoms with van der Waals surface area (Å²) in [6.07, 6.45) is 4.04. The second-order valence-corrected chi connectivity index (χ2v) is 6.18. The lowest BCUT2D eigenvalue weighted by molar-refractivity contribution is -0.135. The highest BCUT2D eigenvalue weighted by Gasteiger charge is 2.29. The molecule has 5 heteroatoms. The minimum absolute atomic E-state index is 0.00315. The fourth-order valence-electron chi connectivity index (χ4n) is 2.93. The summed E-state index contributed by atoms with van der Waals surface area (Å²) in [6, 6.07) is 8.69. The van der Waals surface area contributed by atoms with Crippen LogP contribution in [0.15, 0.2) is 30.3 Å². The summed E-state index contributed by atoms with van der Waals surface area (Å²) in [7, 11) is 0. The Kier molecular flexibility index (Phi) is 6.59. The van der Waals surface area contributed by atoms with Crippen molar-refractivity contribution in [1.29, 1.82) is 0 Å². The summed E-state index contributed by atoms with van der Waals surface area (Å²) in [6.45, 7) is 3.55. The maximum atomic E-state index is 12.7. The lowest BCUT2D eigenvalue weighted by atomic mass is 10.0. The number of carbonyl (C=O) groups is 2. The molecule has 3 N–H and O–H groups in total. The third-order valence-electron chi connectivity index (χ3n) is 4.25. The van der Waals surface area contributed by atoms with E-state index in [1.807, 2.05) is 42.2 Å². The average Bonchev–Trinajstić information content (AvgIpc) is 3.09. The van der Waals surface area contributed by atoms with E-state index < -0.39 is 12.1 Å². The van der Waals surface area contributed by atoms with Gasteiger partial charge in [-0.2, -0.15) is 0 Å². The Labute approximate surface area is 138 Å². The Morgan fingerprint density at radius 1 is 1.22 bits per heavy atom. The molecule has 5 nitrogen and oxygen atoms in total. The largest absolute Gasteiger partial charge is 0.343 e. The standard InChI is InChI=1S/C18H27N3O2/c1-2-8-15(19)17(22)20-16(13-14-9-4-3-5-10-14)18(23)21-11-6-7-12-21/h3-5,9-10,15-16H,2,6-8,11-13,19H2,1H3,(H,20,22). The first-order valence-corrected chi connectivity index (χ1v) is 8.50. The van der Waals surface area contributed by atoms with Crippen LogP contribution in [-0.4, -0.2) is 41.9 Å². The molecule has 126 valence electrons. The molecule has 2 atom stereocenters. The minimum atomic E-state index is -0.551. The van der Waals surface area contributed by atoms with Gasteiger partial charge in [0, 0.05) is 19.5 Å². The normalized spacial score (nSPS) is 16.9. The Bertz CT molecular complexity index is 512. The van der Waals surface area contributed by atoms with Crippen LogP contribution < -0.4 is 11.1 Å². The molecule has 0 radical (unpaired) electrons. The van der Waals surface area contributed by atoms with Crippen LogP contribution in [0, 0.1) is 0 Å². The summed E-state index contributed by atoms with van der Waals surface area (Å²) in [4.78, 5) is 26.8. The van der Waals surface area contributed by atoms with Gasteiger partial charge in [-0.3, -0.25) is 9.59 Å². The van der Waals surface area contributed by atoms with Crippen LogP contribution in [0.2, 0.25) is 0 Å². The number of benzene rings is 1. The molecule has 2 rings (SSSR count). The van der Waals surface area contributed by atoms with Gasteiger partial charge in [-0.05, 0) is 24.8 Å². The van der Waals surface area contributed by atoms with Crippen LogP contribution in [0.25, 0.3) is 0 Å². The van der Waals surface area contributed by atoms with Crippen LogP contribution in [-0.2, 0) is 16.0 Å². The molecule has 1 aromatic carbocycles. The molecule has 1 saturated heterocycles. The molecule has 2 unspecified atom stereocenters. The lowest BCUT2D eigenvalue weighted by Crippen LogP contribution is -2.53. The number of carbonyl (C=O) groups excluding carboxylic acids is 2. The predicted octanol–water partition coefficient (Wildman–Crippen LogP) is 1.46. The van der Waals surface area contributed by atoms with Gasteiger partial charge >= 0.3 is 0 Å². The van der Waals surface area contributed by atoms with Crippen molar-refractivity contribution in [3.63, 3.8) is 0 Å². The third kappa shape index (κ3) is 5.06. The summed E-state index contributed by atoms with van der Waals surface area (Å²) >= 11 is 0. The zero-order valence-electron chi connectivity index (χ0n) is 13.8. The Balaban J connectivity index is 2.07. The highest BCUT2D eigenvalue weighted by molar-refractivity contribution is 5.90. The van der Waals surface area contributed by atoms with Crippen LogP contribution in [0.1, 0.15) is 38.2 Å². The first kappa shape index (κ1) is 17.5. The molecule has 1 fully saturated rings. The molecule has 2 amide bonds. The number of amides is 2. The smallest absolute Gasteiger partial charge is 0.245 e. The number of rotatable bonds is 7. The number of nitrogens with zero attached hydrogens (tertiary/aromatic N) is 1. The van der Waals surface area contributed by atoms with Gasteiger partial charge in [0.05, 0.1) is 6.04 Å². The first-order valence-electron chi connectivity index (χ1n) is 8.50. The van der Waals surface area contributed by atoms with Crippen molar-refractivity contribution >= 4 is 11.8 Å². The number of likely N-dealkylation sites (tertiary alicyclic amines) is 1. The first-order chi connectivity index (χ1) is 11.1. The van der Waals surface area contributed by atoms with Crippen molar-refractivity contribution < 1.29 is 9.59 Å². The van der Waals surface area contributed by atoms with Crippen molar-refractivity contribution in [3.8, 4) is 0 Å². The summed E-state index contributed by atoms with van der Waals surface area (Å²) in [5.74, 6) is -0.233. The number of nitrogens with one attached hydrogen (secondary N) is 1. The maximum absolute atomic E-state index is 12.7. The van der Waals surface area contributed by atoms with Crippen molar-refractivity contribution in [2.75, 3.05) is 13.1 Å². The monoisotopic (exact) mass is 317 g/mol. The van der Waals surface area contributed by atoms with Gasteiger partial charge in [0.2, 0.25) is 11.8 Å². The molecule has 0 bridgehead atoms. The molecular formula is C18H27N3O2. The predicted molar refractivity (Wildman–Crippen MR) is 90.8 cm³/mol. The van der Waals surface area contributed by atoms with Crippen LogP contribution in [0.5, 0.6) is 0 Å². The zero-order valence-corrected chi connectivity index (χ0v) is 13.8. The van der Waals surface area contributed by atoms with Crippen molar-refractivity contribution in [3.05, 3.63) is 35.9 Å². The van der Waals surface area contributed by atoms with Gasteiger partial charge in [0.15, 0.2) is 0 Å². The lowest BCUT2D eigenvalue weighted by Gasteiger charge is -2.25. The molecule has 1 aliphatic rings. The summed E-state index contributed by atoms with van der Waals surface area (Å²) < 4.78 is 0. The van der Waals surface area contributed by atoms with Crippen LogP contribution in [0.3, 0.4) is 0 Å². The van der Waals surface area contributed by atoms with Gasteiger partial charge in [-0.15, -0.1) is 0 Å². The summed E-state index contributed by atoms with van der Waals surface area (Å²) in [5.41, 5.74) is 6.92. The van der Waals surface area contributed by atoms with E-state index in [0.29, 0.717) is 12.8 Å². The fourth-order valence-corrected chi connectivity index (χ4v) is 2.93. The second kappa shape index (κ2) is 8.67. The maximum Gasteiger partial charge on any atom is 0.245 e. The molecule has 0 aromatic heterocycles. The third-order valence-corrected chi connectivity index (χ3v) is 4.25. The quantitative estimate of drug-likeness (QED) is 0.799. The SMILES string of the molecule is CCCC(N)C(=O)NC(Cc1ccccc1)C(=O)N1CCCC1. The van der Waals surface area contributed by atoms with E-state index in [1.165, 1.54) is 0 Å². The van der Waals surface area contributed by atoms with Gasteiger partial charge in [0.1, 0.15) is 6.04 Å². The molecule has 0 aliphatic carbocycles. The molecule has 1 aliphatic heterocycles. The van der Waals surface area contributed by atoms with E-state index >= 15 is 0 Å². The number of hydrogen-bond donors (Lipinski definition) is 2. The number of hydrogen-bond acceptors (Lipinski definition) is 3. The molecule has 1 heterocycles. The highest BCUT2D eigenvalue weighted by atomic mass is 16.2. The van der Waals surface area contributed by atoms with Gasteiger partial charge < -0.3 is 16.0 Å². The van der Waals surface area contributed by atoms with E-state index in [-0.39, 0.29) is 11.8 Å². The van der Waals surface area contributed by atoms with E-state index in [2.05, 4.69) is 5.32 Å². The Morgan fingerprint density at radius 2 is 1.87 bits per heavy atom. The van der Waals surface area contributed by atoms with Gasteiger partial charge in [0.25, 0.3) is 0 Å². The average molecular weight is 317 g/mol. The Morgan fingerprint density at radius 3 is 2.48 bits per heavy atom. The van der Waals surface area contributed by atoms with E-state index in [1.54, 1.807) is 0 Å². The van der Waals surface area contributed by atoms with Gasteiger partial charge in [-0.1, -0.05) is 43.7 Å². The molecular weight excluding hydrogens is 290 g/mol. The topological polar surface area (TPSA) is 75.4 Å². The van der Waals surface area contributed by atoms with E-state index in [9.17, 15) is 9.59 Å². The zero-order chi connectivity index (χ0) is 16.7. The van der Waals surface area contributed by atoms with Crippen molar-refractivity contribution in [2.24, 2.45) is 5.73 Å². The second-order valence-electron chi connectivity index (χ2n) is 6.18. The molecule has 0 saturated carbocycles. The van der Waals surface area contributed by atoms with E-state index in [0.717, 1.165) is 37.9 Å². The van der Waals surface area contributed by atoms with E-state index in [4.69, 9.17) is 5.73 Å². The fraction of sp³-hybridized carbons (Fsp3) is 0.556. The molecule has 1 aromatic rings. The van der Waals surface area contributed by atoms with Crippen molar-refractivity contribution in [1.82, 2.24) is 10.2 Å². The van der Waals surface area contributed by atoms with Crippen LogP contribution in [0.4, 0.5) is 0 Å². The molecule has 0 spiro atoms.